The third kappa shape index (κ3) is 33.7. The highest BCUT2D eigenvalue weighted by Gasteiger charge is 2.12. The van der Waals surface area contributed by atoms with Gasteiger partial charge in [0.05, 0.1) is 6.54 Å². The molecular weight excluding hydrogens is 398 g/mol. The summed E-state index contributed by atoms with van der Waals surface area (Å²) in [5, 5.41) is 34.2. The summed E-state index contributed by atoms with van der Waals surface area (Å²) in [4.78, 5) is 21.4. The number of rotatable bonds is 21. The lowest BCUT2D eigenvalue weighted by Crippen LogP contribution is -2.37. The van der Waals surface area contributed by atoms with Crippen molar-refractivity contribution in [2.45, 2.75) is 123 Å². The largest absolute Gasteiger partial charge is 0.481 e. The van der Waals surface area contributed by atoms with E-state index in [4.69, 9.17) is 25.2 Å². The van der Waals surface area contributed by atoms with Crippen LogP contribution in [0, 0.1) is 0 Å². The molecule has 0 aliphatic carbocycles. The van der Waals surface area contributed by atoms with Gasteiger partial charge >= 0.3 is 5.97 Å². The second kappa shape index (κ2) is 25.1. The predicted molar refractivity (Wildman–Crippen MR) is 125 cm³/mol. The number of carbonyl (C=O) groups is 2. The number of carboxylic acid groups (broad SMARTS) is 2. The summed E-state index contributed by atoms with van der Waals surface area (Å²) in [5.41, 5.74) is 0. The second-order valence-electron chi connectivity index (χ2n) is 8.43. The molecule has 0 heterocycles. The number of carboxylic acids is 2. The molecule has 0 aliphatic rings. The molecule has 0 unspecified atom stereocenters. The Bertz CT molecular complexity index is 400. The van der Waals surface area contributed by atoms with Crippen LogP contribution in [0.1, 0.15) is 117 Å². The first-order valence-corrected chi connectivity index (χ1v) is 12.3. The van der Waals surface area contributed by atoms with Gasteiger partial charge in [-0.2, -0.15) is 0 Å². The molecule has 0 spiro atoms. The molecule has 0 rings (SSSR count). The van der Waals surface area contributed by atoms with E-state index in [2.05, 4.69) is 6.92 Å². The summed E-state index contributed by atoms with van der Waals surface area (Å²) >= 11 is 0. The number of hydrogen-bond acceptors (Lipinski definition) is 5. The van der Waals surface area contributed by atoms with Gasteiger partial charge in [-0.05, 0) is 13.0 Å². The van der Waals surface area contributed by atoms with Crippen LogP contribution in [0.3, 0.4) is 0 Å². The summed E-state index contributed by atoms with van der Waals surface area (Å²) in [5.74, 6) is -1.76. The highest BCUT2D eigenvalue weighted by Crippen LogP contribution is 2.13. The van der Waals surface area contributed by atoms with Crippen LogP contribution in [0.2, 0.25) is 0 Å². The first-order valence-electron chi connectivity index (χ1n) is 12.3. The molecule has 0 fully saturated rings. The summed E-state index contributed by atoms with van der Waals surface area (Å²) in [6.07, 6.45) is 19.5. The third-order valence-corrected chi connectivity index (χ3v) is 5.11. The molecule has 0 aromatic heterocycles. The standard InChI is InChI=1S/C22H45NO4.C2H4O2/c1-2-3-4-5-6-7-8-9-10-11-12-13-14-15-16-17-18-23(19-21(24)25)20-22(26)27;1-2(3)4/h21,24-25H,2-20H2,1H3,(H,26,27);1H3,(H,3,4). The average Bonchev–Trinajstić information content (AvgIpc) is 2.66. The van der Waals surface area contributed by atoms with Crippen molar-refractivity contribution in [3.8, 4) is 0 Å². The van der Waals surface area contributed by atoms with Gasteiger partial charge in [0.25, 0.3) is 5.97 Å². The van der Waals surface area contributed by atoms with Gasteiger partial charge in [-0.1, -0.05) is 103 Å². The number of aliphatic carboxylic acids is 2. The van der Waals surface area contributed by atoms with Crippen molar-refractivity contribution in [2.75, 3.05) is 19.6 Å². The smallest absolute Gasteiger partial charge is 0.317 e. The van der Waals surface area contributed by atoms with E-state index in [1.807, 2.05) is 0 Å². The number of unbranched alkanes of at least 4 members (excludes halogenated alkanes) is 15. The fourth-order valence-corrected chi connectivity index (χ4v) is 3.54. The Morgan fingerprint density at radius 1 is 0.677 bits per heavy atom. The molecule has 0 aromatic carbocycles. The summed E-state index contributed by atoms with van der Waals surface area (Å²) < 4.78 is 0. The third-order valence-electron chi connectivity index (χ3n) is 5.11. The first kappa shape index (κ1) is 32.0. The first-order chi connectivity index (χ1) is 14.8. The monoisotopic (exact) mass is 447 g/mol. The maximum atomic E-state index is 10.8. The summed E-state index contributed by atoms with van der Waals surface area (Å²) in [7, 11) is 0. The molecule has 4 N–H and O–H groups in total. The van der Waals surface area contributed by atoms with Crippen LogP contribution in [-0.4, -0.2) is 63.2 Å². The Morgan fingerprint density at radius 3 is 1.29 bits per heavy atom. The zero-order valence-electron chi connectivity index (χ0n) is 20.1. The summed E-state index contributed by atoms with van der Waals surface area (Å²) in [6.45, 7) is 3.84. The van der Waals surface area contributed by atoms with Gasteiger partial charge in [0.2, 0.25) is 0 Å². The molecular formula is C24H49NO6. The van der Waals surface area contributed by atoms with E-state index in [0.29, 0.717) is 6.54 Å². The number of aliphatic hydroxyl groups excluding tert-OH is 1. The predicted octanol–water partition coefficient (Wildman–Crippen LogP) is 5.04. The molecule has 0 aromatic rings. The number of nitrogens with zero attached hydrogens (tertiary/aromatic N) is 1. The van der Waals surface area contributed by atoms with Crippen LogP contribution in [0.15, 0.2) is 0 Å². The van der Waals surface area contributed by atoms with Crippen molar-refractivity contribution in [1.29, 1.82) is 0 Å². The van der Waals surface area contributed by atoms with Gasteiger partial charge in [0.1, 0.15) is 0 Å². The maximum absolute atomic E-state index is 10.8. The van der Waals surface area contributed by atoms with Crippen molar-refractivity contribution in [3.63, 3.8) is 0 Å². The van der Waals surface area contributed by atoms with E-state index in [1.165, 1.54) is 89.9 Å². The zero-order valence-corrected chi connectivity index (χ0v) is 20.1. The SMILES string of the molecule is CC(=O)O.CCCCCCCCCCCCCCCCCCN(CC(=O)O)CC(O)O. The second-order valence-corrected chi connectivity index (χ2v) is 8.43. The van der Waals surface area contributed by atoms with Crippen molar-refractivity contribution >= 4 is 11.9 Å². The minimum atomic E-state index is -1.47. The molecule has 0 atom stereocenters. The normalized spacial score (nSPS) is 10.9. The van der Waals surface area contributed by atoms with Crippen LogP contribution in [0.5, 0.6) is 0 Å². The van der Waals surface area contributed by atoms with Gasteiger partial charge < -0.3 is 20.4 Å². The van der Waals surface area contributed by atoms with Crippen molar-refractivity contribution in [2.24, 2.45) is 0 Å². The van der Waals surface area contributed by atoms with Gasteiger partial charge in [-0.25, -0.2) is 0 Å². The van der Waals surface area contributed by atoms with E-state index >= 15 is 0 Å². The molecule has 186 valence electrons. The Kier molecular flexibility index (Phi) is 25.9. The lowest BCUT2D eigenvalue weighted by Gasteiger charge is -2.20. The van der Waals surface area contributed by atoms with Crippen molar-refractivity contribution in [1.82, 2.24) is 4.90 Å². The molecule has 7 heteroatoms. The molecule has 0 saturated carbocycles. The number of aliphatic hydroxyl groups is 2. The maximum Gasteiger partial charge on any atom is 0.317 e. The molecule has 0 bridgehead atoms. The zero-order chi connectivity index (χ0) is 23.7. The fourth-order valence-electron chi connectivity index (χ4n) is 3.54. The average molecular weight is 448 g/mol. The van der Waals surface area contributed by atoms with Gasteiger partial charge in [-0.15, -0.1) is 0 Å². The van der Waals surface area contributed by atoms with E-state index in [9.17, 15) is 4.79 Å². The Hall–Kier alpha value is -1.18. The van der Waals surface area contributed by atoms with Gasteiger partial charge in [0, 0.05) is 13.5 Å². The Morgan fingerprint density at radius 2 is 1.00 bits per heavy atom. The van der Waals surface area contributed by atoms with Crippen LogP contribution in [0.4, 0.5) is 0 Å². The lowest BCUT2D eigenvalue weighted by atomic mass is 10.0. The van der Waals surface area contributed by atoms with E-state index in [0.717, 1.165) is 19.8 Å². The molecule has 31 heavy (non-hydrogen) atoms. The Labute approximate surface area is 189 Å². The van der Waals surface area contributed by atoms with Gasteiger partial charge in [0.15, 0.2) is 6.29 Å². The number of hydrogen-bond donors (Lipinski definition) is 4. The summed E-state index contributed by atoms with van der Waals surface area (Å²) in [6, 6.07) is 0. The lowest BCUT2D eigenvalue weighted by molar-refractivity contribution is -0.140. The van der Waals surface area contributed by atoms with Crippen molar-refractivity contribution in [3.05, 3.63) is 0 Å². The van der Waals surface area contributed by atoms with Crippen molar-refractivity contribution < 1.29 is 30.0 Å². The van der Waals surface area contributed by atoms with Crippen LogP contribution in [-0.2, 0) is 9.59 Å². The molecule has 0 radical (unpaired) electrons. The highest BCUT2D eigenvalue weighted by atomic mass is 16.5. The molecule has 0 amide bonds. The quantitative estimate of drug-likeness (QED) is 0.144. The van der Waals surface area contributed by atoms with Crippen LogP contribution >= 0.6 is 0 Å². The van der Waals surface area contributed by atoms with E-state index in [-0.39, 0.29) is 13.1 Å². The Balaban J connectivity index is 0. The topological polar surface area (TPSA) is 118 Å². The molecule has 0 aliphatic heterocycles. The van der Waals surface area contributed by atoms with Crippen LogP contribution < -0.4 is 0 Å². The molecule has 7 nitrogen and oxygen atoms in total. The molecule has 0 saturated heterocycles. The minimum Gasteiger partial charge on any atom is -0.481 e. The van der Waals surface area contributed by atoms with Gasteiger partial charge in [-0.3, -0.25) is 14.5 Å². The van der Waals surface area contributed by atoms with Crippen LogP contribution in [0.25, 0.3) is 0 Å². The fraction of sp³-hybridized carbons (Fsp3) is 0.917. The highest BCUT2D eigenvalue weighted by molar-refractivity contribution is 5.69. The van der Waals surface area contributed by atoms with E-state index < -0.39 is 18.2 Å². The minimum absolute atomic E-state index is 0.00500. The van der Waals surface area contributed by atoms with E-state index in [1.54, 1.807) is 4.90 Å².